The van der Waals surface area contributed by atoms with E-state index in [1.807, 2.05) is 20.8 Å². The van der Waals surface area contributed by atoms with Gasteiger partial charge in [-0.2, -0.15) is 0 Å². The number of carbonyl (C=O) groups excluding carboxylic acids is 1. The third kappa shape index (κ3) is 5.50. The topological polar surface area (TPSA) is 97.0 Å². The summed E-state index contributed by atoms with van der Waals surface area (Å²) < 4.78 is 6.77. The minimum absolute atomic E-state index is 0.115. The molecular formula is C19H28N4O4. The summed E-state index contributed by atoms with van der Waals surface area (Å²) >= 11 is 0. The van der Waals surface area contributed by atoms with E-state index in [2.05, 4.69) is 16.7 Å². The first-order chi connectivity index (χ1) is 12.5. The van der Waals surface area contributed by atoms with Crippen LogP contribution in [0.15, 0.2) is 22.3 Å². The molecule has 148 valence electrons. The molecule has 1 aromatic rings. The van der Waals surface area contributed by atoms with Crippen LogP contribution in [-0.2, 0) is 11.3 Å². The van der Waals surface area contributed by atoms with Crippen molar-refractivity contribution < 1.29 is 14.6 Å². The number of ether oxygens (including phenoxy) is 1. The van der Waals surface area contributed by atoms with Crippen molar-refractivity contribution in [2.75, 3.05) is 13.1 Å². The molecule has 1 fully saturated rings. The average Bonchev–Trinajstić information content (AvgIpc) is 2.56. The molecule has 8 heteroatoms. The van der Waals surface area contributed by atoms with Crippen molar-refractivity contribution in [1.29, 1.82) is 0 Å². The second-order valence-corrected chi connectivity index (χ2v) is 7.87. The van der Waals surface area contributed by atoms with Gasteiger partial charge in [-0.1, -0.05) is 0 Å². The number of aliphatic hydroxyl groups is 1. The van der Waals surface area contributed by atoms with Crippen molar-refractivity contribution in [3.05, 3.63) is 34.1 Å². The Labute approximate surface area is 159 Å². The number of aryl methyl sites for hydroxylation is 1. The Bertz CT molecular complexity index is 784. The second kappa shape index (κ2) is 8.04. The predicted octanol–water partition coefficient (Wildman–Crippen LogP) is 1.99. The lowest BCUT2D eigenvalue weighted by Gasteiger charge is -2.38. The molecule has 0 radical (unpaired) electrons. The number of rotatable bonds is 4. The first kappa shape index (κ1) is 20.8. The van der Waals surface area contributed by atoms with E-state index in [1.165, 1.54) is 17.1 Å². The van der Waals surface area contributed by atoms with Crippen molar-refractivity contribution >= 4 is 18.9 Å². The average molecular weight is 376 g/mol. The molecular weight excluding hydrogens is 348 g/mol. The highest BCUT2D eigenvalue weighted by atomic mass is 16.6. The van der Waals surface area contributed by atoms with Gasteiger partial charge in [0, 0.05) is 19.3 Å². The normalized spacial score (nSPS) is 17.1. The van der Waals surface area contributed by atoms with E-state index in [9.17, 15) is 14.7 Å². The van der Waals surface area contributed by atoms with E-state index in [4.69, 9.17) is 4.74 Å². The number of carbonyl (C=O) groups is 1. The Hall–Kier alpha value is -2.48. The number of piperidine rings is 1. The van der Waals surface area contributed by atoms with Gasteiger partial charge in [0.05, 0.1) is 29.7 Å². The summed E-state index contributed by atoms with van der Waals surface area (Å²) in [6, 6.07) is 0. The second-order valence-electron chi connectivity index (χ2n) is 7.87. The predicted molar refractivity (Wildman–Crippen MR) is 104 cm³/mol. The number of nitrogens with zero attached hydrogens (tertiary/aromatic N) is 4. The van der Waals surface area contributed by atoms with E-state index in [0.29, 0.717) is 37.2 Å². The molecule has 0 aliphatic carbocycles. The molecule has 1 N–H and O–H groups in total. The zero-order chi connectivity index (χ0) is 20.2. The lowest BCUT2D eigenvalue weighted by molar-refractivity contribution is -0.0420. The van der Waals surface area contributed by atoms with E-state index in [0.717, 1.165) is 0 Å². The van der Waals surface area contributed by atoms with Crippen molar-refractivity contribution in [2.45, 2.75) is 58.3 Å². The van der Waals surface area contributed by atoms with Crippen LogP contribution in [0.4, 0.5) is 4.79 Å². The van der Waals surface area contributed by atoms with Gasteiger partial charge >= 0.3 is 6.09 Å². The first-order valence-corrected chi connectivity index (χ1v) is 8.93. The summed E-state index contributed by atoms with van der Waals surface area (Å²) in [4.78, 5) is 34.2. The molecule has 27 heavy (non-hydrogen) atoms. The van der Waals surface area contributed by atoms with Gasteiger partial charge in [0.2, 0.25) is 0 Å². The van der Waals surface area contributed by atoms with Crippen molar-refractivity contribution in [3.63, 3.8) is 0 Å². The van der Waals surface area contributed by atoms with Crippen LogP contribution in [0.5, 0.6) is 0 Å². The minimum Gasteiger partial charge on any atom is -0.444 e. The summed E-state index contributed by atoms with van der Waals surface area (Å²) in [5.74, 6) is 0. The Kier molecular flexibility index (Phi) is 6.20. The Balaban J connectivity index is 2.09. The Morgan fingerprint density at radius 3 is 2.63 bits per heavy atom. The molecule has 2 heterocycles. The van der Waals surface area contributed by atoms with Crippen LogP contribution >= 0.6 is 0 Å². The molecule has 0 spiro atoms. The van der Waals surface area contributed by atoms with Crippen molar-refractivity contribution in [1.82, 2.24) is 14.5 Å². The molecule has 1 aromatic heterocycles. The molecule has 1 amide bonds. The van der Waals surface area contributed by atoms with Crippen molar-refractivity contribution in [3.8, 4) is 0 Å². The molecule has 0 unspecified atom stereocenters. The monoisotopic (exact) mass is 376 g/mol. The van der Waals surface area contributed by atoms with Gasteiger partial charge in [-0.15, -0.1) is 0 Å². The van der Waals surface area contributed by atoms with Gasteiger partial charge in [0.25, 0.3) is 5.56 Å². The lowest BCUT2D eigenvalue weighted by atomic mass is 9.91. The standard InChI is InChI=1S/C19H28N4O4/c1-14-15(6-9-20-5)16(24)23(13-21-14)12-19(26)7-10-22(11-8-19)17(25)27-18(2,3)4/h6,9,13,26H,5,7-8,10-12H2,1-4H3/b9-6-. The number of amides is 1. The maximum atomic E-state index is 12.7. The highest BCUT2D eigenvalue weighted by molar-refractivity contribution is 5.68. The number of aromatic nitrogens is 2. The fraction of sp³-hybridized carbons (Fsp3) is 0.579. The highest BCUT2D eigenvalue weighted by Gasteiger charge is 2.36. The van der Waals surface area contributed by atoms with Gasteiger partial charge in [0.1, 0.15) is 5.60 Å². The third-order valence-electron chi connectivity index (χ3n) is 4.43. The number of aliphatic imine (C=N–C) groups is 1. The summed E-state index contributed by atoms with van der Waals surface area (Å²) in [7, 11) is 0. The van der Waals surface area contributed by atoms with E-state index >= 15 is 0 Å². The molecule has 1 saturated heterocycles. The Morgan fingerprint density at radius 2 is 2.07 bits per heavy atom. The van der Waals surface area contributed by atoms with Crippen molar-refractivity contribution in [2.24, 2.45) is 4.99 Å². The molecule has 1 aliphatic rings. The fourth-order valence-corrected chi connectivity index (χ4v) is 2.93. The SMILES string of the molecule is C=N/C=C\c1c(C)ncn(CC2(O)CCN(C(=O)OC(C)(C)C)CC2)c1=O. The number of hydrogen-bond donors (Lipinski definition) is 1. The molecule has 1 aliphatic heterocycles. The van der Waals surface area contributed by atoms with Crippen LogP contribution in [-0.4, -0.2) is 56.7 Å². The number of likely N-dealkylation sites (tertiary alicyclic amines) is 1. The molecule has 2 rings (SSSR count). The zero-order valence-corrected chi connectivity index (χ0v) is 16.4. The first-order valence-electron chi connectivity index (χ1n) is 8.93. The lowest BCUT2D eigenvalue weighted by Crippen LogP contribution is -2.50. The summed E-state index contributed by atoms with van der Waals surface area (Å²) in [6.45, 7) is 11.4. The van der Waals surface area contributed by atoms with Gasteiger partial charge in [-0.25, -0.2) is 9.78 Å². The largest absolute Gasteiger partial charge is 0.444 e. The zero-order valence-electron chi connectivity index (χ0n) is 16.4. The molecule has 0 bridgehead atoms. The fourth-order valence-electron chi connectivity index (χ4n) is 2.93. The van der Waals surface area contributed by atoms with E-state index in [1.54, 1.807) is 17.9 Å². The summed E-state index contributed by atoms with van der Waals surface area (Å²) in [6.07, 6.45) is 4.75. The molecule has 0 atom stereocenters. The van der Waals surface area contributed by atoms with E-state index < -0.39 is 11.2 Å². The van der Waals surface area contributed by atoms with Gasteiger partial charge in [-0.05, 0) is 53.3 Å². The van der Waals surface area contributed by atoms with Crippen LogP contribution in [0.2, 0.25) is 0 Å². The molecule has 0 saturated carbocycles. The Morgan fingerprint density at radius 1 is 1.44 bits per heavy atom. The van der Waals surface area contributed by atoms with Gasteiger partial charge < -0.3 is 14.7 Å². The molecule has 8 nitrogen and oxygen atoms in total. The maximum absolute atomic E-state index is 12.7. The van der Waals surface area contributed by atoms with E-state index in [-0.39, 0.29) is 18.2 Å². The third-order valence-corrected chi connectivity index (χ3v) is 4.43. The quantitative estimate of drug-likeness (QED) is 0.811. The summed E-state index contributed by atoms with van der Waals surface area (Å²) in [5.41, 5.74) is -0.889. The highest BCUT2D eigenvalue weighted by Crippen LogP contribution is 2.25. The van der Waals surface area contributed by atoms with Gasteiger partial charge in [-0.3, -0.25) is 14.4 Å². The summed E-state index contributed by atoms with van der Waals surface area (Å²) in [5, 5.41) is 10.9. The van der Waals surface area contributed by atoms with Crippen LogP contribution < -0.4 is 5.56 Å². The van der Waals surface area contributed by atoms with Crippen LogP contribution in [0.3, 0.4) is 0 Å². The number of hydrogen-bond acceptors (Lipinski definition) is 6. The van der Waals surface area contributed by atoms with Crippen LogP contribution in [0, 0.1) is 6.92 Å². The molecule has 0 aromatic carbocycles. The van der Waals surface area contributed by atoms with Gasteiger partial charge in [0.15, 0.2) is 0 Å². The smallest absolute Gasteiger partial charge is 0.410 e. The van der Waals surface area contributed by atoms with Crippen LogP contribution in [0.25, 0.3) is 6.08 Å². The van der Waals surface area contributed by atoms with Crippen LogP contribution in [0.1, 0.15) is 44.9 Å². The minimum atomic E-state index is -1.09. The maximum Gasteiger partial charge on any atom is 0.410 e.